The number of amides is 1. The number of aryl methyl sites for hydroxylation is 1. The van der Waals surface area contributed by atoms with Gasteiger partial charge in [-0.05, 0) is 20.9 Å². The van der Waals surface area contributed by atoms with Gasteiger partial charge in [-0.25, -0.2) is 4.98 Å². The first-order valence-electron chi connectivity index (χ1n) is 9.16. The van der Waals surface area contributed by atoms with Crippen LogP contribution in [-0.2, 0) is 6.42 Å². The number of carbonyl (C=O) groups excluding carboxylic acids is 1. The van der Waals surface area contributed by atoms with Gasteiger partial charge in [0.1, 0.15) is 5.82 Å². The molecule has 0 aliphatic carbocycles. The van der Waals surface area contributed by atoms with Crippen molar-refractivity contribution >= 4 is 23.8 Å². The van der Waals surface area contributed by atoms with E-state index in [2.05, 4.69) is 47.4 Å². The predicted molar refractivity (Wildman–Crippen MR) is 101 cm³/mol. The van der Waals surface area contributed by atoms with Crippen LogP contribution in [0.5, 0.6) is 0 Å². The number of anilines is 3. The Balaban J connectivity index is 1.75. The number of oxazole rings is 1. The summed E-state index contributed by atoms with van der Waals surface area (Å²) in [5.74, 6) is 1.50. The Morgan fingerprint density at radius 1 is 1.22 bits per heavy atom. The summed E-state index contributed by atoms with van der Waals surface area (Å²) >= 11 is 0. The van der Waals surface area contributed by atoms with Crippen LogP contribution in [0.2, 0.25) is 0 Å². The zero-order chi connectivity index (χ0) is 19.4. The second-order valence-electron chi connectivity index (χ2n) is 6.80. The summed E-state index contributed by atoms with van der Waals surface area (Å²) in [6, 6.07) is 0.183. The van der Waals surface area contributed by atoms with Gasteiger partial charge in [-0.3, -0.25) is 10.1 Å². The van der Waals surface area contributed by atoms with Crippen molar-refractivity contribution in [1.82, 2.24) is 30.2 Å². The van der Waals surface area contributed by atoms with Crippen molar-refractivity contribution in [2.45, 2.75) is 33.2 Å². The molecule has 0 radical (unpaired) electrons. The van der Waals surface area contributed by atoms with Gasteiger partial charge in [0.05, 0.1) is 6.20 Å². The molecule has 27 heavy (non-hydrogen) atoms. The van der Waals surface area contributed by atoms with Gasteiger partial charge >= 0.3 is 6.01 Å². The topological polar surface area (TPSA) is 112 Å². The fraction of sp³-hybridized carbons (Fsp3) is 0.588. The van der Waals surface area contributed by atoms with Crippen LogP contribution in [0.1, 0.15) is 37.2 Å². The Bertz CT molecular complexity index is 783. The van der Waals surface area contributed by atoms with Crippen LogP contribution in [0, 0.1) is 0 Å². The molecule has 1 amide bonds. The summed E-state index contributed by atoms with van der Waals surface area (Å²) in [5, 5.41) is 5.70. The second kappa shape index (κ2) is 8.30. The highest BCUT2D eigenvalue weighted by molar-refractivity contribution is 5.91. The van der Waals surface area contributed by atoms with Crippen LogP contribution < -0.4 is 15.5 Å². The number of rotatable bonds is 6. The van der Waals surface area contributed by atoms with E-state index < -0.39 is 0 Å². The van der Waals surface area contributed by atoms with Crippen LogP contribution in [0.25, 0.3) is 0 Å². The SMILES string of the molecule is CCc1nc(Nc2ncc(C(=O)NC(C)C)o2)nc(N2CCN(C)CC2)n1. The first-order chi connectivity index (χ1) is 12.9. The zero-order valence-electron chi connectivity index (χ0n) is 16.2. The maximum Gasteiger partial charge on any atom is 0.302 e. The van der Waals surface area contributed by atoms with Gasteiger partial charge in [-0.15, -0.1) is 0 Å². The van der Waals surface area contributed by atoms with Gasteiger partial charge in [-0.2, -0.15) is 15.0 Å². The second-order valence-corrected chi connectivity index (χ2v) is 6.80. The first kappa shape index (κ1) is 19.0. The van der Waals surface area contributed by atoms with Gasteiger partial charge in [0.2, 0.25) is 17.7 Å². The maximum atomic E-state index is 12.0. The maximum absolute atomic E-state index is 12.0. The van der Waals surface area contributed by atoms with Crippen LogP contribution >= 0.6 is 0 Å². The van der Waals surface area contributed by atoms with Crippen molar-refractivity contribution < 1.29 is 9.21 Å². The lowest BCUT2D eigenvalue weighted by molar-refractivity contribution is 0.0916. The molecule has 3 heterocycles. The molecule has 2 N–H and O–H groups in total. The highest BCUT2D eigenvalue weighted by atomic mass is 16.4. The molecule has 0 unspecified atom stereocenters. The van der Waals surface area contributed by atoms with Crippen LogP contribution in [-0.4, -0.2) is 70.0 Å². The Labute approximate surface area is 158 Å². The van der Waals surface area contributed by atoms with E-state index in [0.29, 0.717) is 24.1 Å². The number of carbonyl (C=O) groups is 1. The van der Waals surface area contributed by atoms with E-state index in [1.807, 2.05) is 20.8 Å². The monoisotopic (exact) mass is 374 g/mol. The molecule has 2 aromatic heterocycles. The molecular weight excluding hydrogens is 348 g/mol. The molecule has 0 spiro atoms. The molecule has 1 aliphatic rings. The molecule has 1 saturated heterocycles. The predicted octanol–water partition coefficient (Wildman–Crippen LogP) is 1.06. The summed E-state index contributed by atoms with van der Waals surface area (Å²) in [6.45, 7) is 9.40. The number of hydrogen-bond donors (Lipinski definition) is 2. The van der Waals surface area contributed by atoms with E-state index in [1.54, 1.807) is 0 Å². The Kier molecular flexibility index (Phi) is 5.84. The lowest BCUT2D eigenvalue weighted by Gasteiger charge is -2.32. The number of piperazine rings is 1. The van der Waals surface area contributed by atoms with Crippen LogP contribution in [0.3, 0.4) is 0 Å². The molecule has 146 valence electrons. The summed E-state index contributed by atoms with van der Waals surface area (Å²) < 4.78 is 5.47. The lowest BCUT2D eigenvalue weighted by Crippen LogP contribution is -2.45. The fourth-order valence-electron chi connectivity index (χ4n) is 2.64. The van der Waals surface area contributed by atoms with Crippen molar-refractivity contribution in [3.63, 3.8) is 0 Å². The average molecular weight is 374 g/mol. The Morgan fingerprint density at radius 2 is 1.96 bits per heavy atom. The third kappa shape index (κ3) is 4.91. The lowest BCUT2D eigenvalue weighted by atomic mass is 10.3. The average Bonchev–Trinajstić information content (AvgIpc) is 3.10. The molecular formula is C17H26N8O2. The van der Waals surface area contributed by atoms with Gasteiger partial charge in [0.25, 0.3) is 5.91 Å². The summed E-state index contributed by atoms with van der Waals surface area (Å²) in [4.78, 5) is 33.9. The van der Waals surface area contributed by atoms with Gasteiger partial charge in [0, 0.05) is 38.6 Å². The van der Waals surface area contributed by atoms with Gasteiger partial charge in [0.15, 0.2) is 0 Å². The number of aromatic nitrogens is 4. The van der Waals surface area contributed by atoms with E-state index in [4.69, 9.17) is 4.42 Å². The van der Waals surface area contributed by atoms with Gasteiger partial charge in [-0.1, -0.05) is 6.92 Å². The molecule has 0 aromatic carbocycles. The molecule has 0 atom stereocenters. The summed E-state index contributed by atoms with van der Waals surface area (Å²) in [5.41, 5.74) is 0. The third-order valence-electron chi connectivity index (χ3n) is 4.14. The van der Waals surface area contributed by atoms with E-state index in [9.17, 15) is 4.79 Å². The Hall–Kier alpha value is -2.75. The van der Waals surface area contributed by atoms with Gasteiger partial charge < -0.3 is 19.5 Å². The Morgan fingerprint density at radius 3 is 2.63 bits per heavy atom. The molecule has 1 fully saturated rings. The van der Waals surface area contributed by atoms with Crippen molar-refractivity contribution in [3.8, 4) is 0 Å². The minimum absolute atomic E-state index is 0.0146. The van der Waals surface area contributed by atoms with E-state index in [0.717, 1.165) is 26.2 Å². The molecule has 1 aliphatic heterocycles. The van der Waals surface area contributed by atoms with E-state index in [1.165, 1.54) is 6.20 Å². The highest BCUT2D eigenvalue weighted by Gasteiger charge is 2.19. The molecule has 3 rings (SSSR count). The summed E-state index contributed by atoms with van der Waals surface area (Å²) in [7, 11) is 2.10. The standard InChI is InChI=1S/C17H26N8O2/c1-5-13-20-15(22-16(21-13)25-8-6-24(4)7-9-25)23-17-18-10-12(27-17)14(26)19-11(2)3/h10-11H,5-9H2,1-4H3,(H,19,26)(H,18,20,21,22,23). The minimum atomic E-state index is -0.312. The molecule has 0 bridgehead atoms. The molecule has 10 nitrogen and oxygen atoms in total. The van der Waals surface area contributed by atoms with Crippen LogP contribution in [0.15, 0.2) is 10.6 Å². The smallest absolute Gasteiger partial charge is 0.302 e. The molecule has 0 saturated carbocycles. The molecule has 2 aromatic rings. The number of nitrogens with one attached hydrogen (secondary N) is 2. The largest absolute Gasteiger partial charge is 0.418 e. The van der Waals surface area contributed by atoms with Crippen LogP contribution in [0.4, 0.5) is 17.9 Å². The summed E-state index contributed by atoms with van der Waals surface area (Å²) in [6.07, 6.45) is 2.06. The first-order valence-corrected chi connectivity index (χ1v) is 9.16. The zero-order valence-corrected chi connectivity index (χ0v) is 16.2. The van der Waals surface area contributed by atoms with Crippen molar-refractivity contribution in [1.29, 1.82) is 0 Å². The van der Waals surface area contributed by atoms with E-state index >= 15 is 0 Å². The van der Waals surface area contributed by atoms with Crippen molar-refractivity contribution in [2.75, 3.05) is 43.4 Å². The van der Waals surface area contributed by atoms with Crippen molar-refractivity contribution in [2.24, 2.45) is 0 Å². The van der Waals surface area contributed by atoms with Crippen molar-refractivity contribution in [3.05, 3.63) is 17.8 Å². The fourth-order valence-corrected chi connectivity index (χ4v) is 2.64. The molecule has 10 heteroatoms. The number of nitrogens with zero attached hydrogens (tertiary/aromatic N) is 6. The third-order valence-corrected chi connectivity index (χ3v) is 4.14. The highest BCUT2D eigenvalue weighted by Crippen LogP contribution is 2.17. The quantitative estimate of drug-likeness (QED) is 0.766. The van der Waals surface area contributed by atoms with E-state index in [-0.39, 0.29) is 23.7 Å². The number of hydrogen-bond acceptors (Lipinski definition) is 9. The normalized spacial score (nSPS) is 15.2. The number of likely N-dealkylation sites (N-methyl/N-ethyl adjacent to an activating group) is 1. The minimum Gasteiger partial charge on any atom is -0.418 e.